The standard InChI is InChI=1S/C12H9BrN4O4/c1-6-4-7(16-20-6)11-15-10(21-17-11)5-14-12(18)8-2-3-9(13)19-8/h2-4H,5H2,1H3,(H,14,18). The predicted octanol–water partition coefficient (Wildman–Crippen LogP) is 2.32. The van der Waals surface area contributed by atoms with Crippen LogP contribution in [0.2, 0.25) is 0 Å². The minimum Gasteiger partial charge on any atom is -0.444 e. The van der Waals surface area contributed by atoms with Crippen LogP contribution in [0.15, 0.2) is 36.3 Å². The van der Waals surface area contributed by atoms with E-state index in [1.807, 2.05) is 0 Å². The van der Waals surface area contributed by atoms with E-state index < -0.39 is 0 Å². The molecule has 9 heteroatoms. The summed E-state index contributed by atoms with van der Waals surface area (Å²) in [5, 5.41) is 10.1. The lowest BCUT2D eigenvalue weighted by Gasteiger charge is -1.97. The highest BCUT2D eigenvalue weighted by atomic mass is 79.9. The van der Waals surface area contributed by atoms with Gasteiger partial charge in [0.15, 0.2) is 16.1 Å². The van der Waals surface area contributed by atoms with Crippen molar-refractivity contribution in [2.45, 2.75) is 13.5 Å². The van der Waals surface area contributed by atoms with Crippen LogP contribution < -0.4 is 5.32 Å². The fourth-order valence-electron chi connectivity index (χ4n) is 1.58. The first-order chi connectivity index (χ1) is 10.1. The quantitative estimate of drug-likeness (QED) is 0.767. The number of furan rings is 1. The molecule has 21 heavy (non-hydrogen) atoms. The summed E-state index contributed by atoms with van der Waals surface area (Å²) < 4.78 is 15.6. The summed E-state index contributed by atoms with van der Waals surface area (Å²) in [5.41, 5.74) is 0.476. The number of aromatic nitrogens is 3. The van der Waals surface area contributed by atoms with E-state index in [1.165, 1.54) is 0 Å². The molecule has 0 aliphatic rings. The fraction of sp³-hybridized carbons (Fsp3) is 0.167. The van der Waals surface area contributed by atoms with Crippen molar-refractivity contribution in [1.82, 2.24) is 20.6 Å². The third kappa shape index (κ3) is 3.02. The Bertz CT molecular complexity index is 776. The van der Waals surface area contributed by atoms with Crippen LogP contribution in [0.1, 0.15) is 22.2 Å². The molecule has 0 unspecified atom stereocenters. The van der Waals surface area contributed by atoms with Gasteiger partial charge < -0.3 is 18.8 Å². The molecule has 1 amide bonds. The number of halogens is 1. The maximum atomic E-state index is 11.8. The second-order valence-corrected chi connectivity index (χ2v) is 4.90. The molecule has 0 fully saturated rings. The van der Waals surface area contributed by atoms with E-state index in [9.17, 15) is 4.79 Å². The van der Waals surface area contributed by atoms with Crippen LogP contribution in [0.4, 0.5) is 0 Å². The molecule has 0 aromatic carbocycles. The molecule has 0 bridgehead atoms. The van der Waals surface area contributed by atoms with Gasteiger partial charge in [-0.3, -0.25) is 4.79 Å². The molecule has 3 aromatic rings. The second kappa shape index (κ2) is 5.52. The van der Waals surface area contributed by atoms with E-state index >= 15 is 0 Å². The molecular formula is C12H9BrN4O4. The first kappa shape index (κ1) is 13.6. The average Bonchev–Trinajstić information content (AvgIpc) is 3.16. The van der Waals surface area contributed by atoms with Crippen LogP contribution in [-0.2, 0) is 6.54 Å². The van der Waals surface area contributed by atoms with Gasteiger partial charge in [0.05, 0.1) is 6.54 Å². The Morgan fingerprint density at radius 2 is 2.19 bits per heavy atom. The number of hydrogen-bond donors (Lipinski definition) is 1. The highest BCUT2D eigenvalue weighted by Gasteiger charge is 2.15. The van der Waals surface area contributed by atoms with Crippen molar-refractivity contribution in [3.05, 3.63) is 40.3 Å². The third-order valence-corrected chi connectivity index (χ3v) is 2.95. The summed E-state index contributed by atoms with van der Waals surface area (Å²) in [6, 6.07) is 4.87. The van der Waals surface area contributed by atoms with Gasteiger partial charge in [-0.05, 0) is 35.0 Å². The maximum Gasteiger partial charge on any atom is 0.287 e. The number of amides is 1. The van der Waals surface area contributed by atoms with E-state index in [4.69, 9.17) is 13.5 Å². The van der Waals surface area contributed by atoms with Gasteiger partial charge in [0, 0.05) is 6.07 Å². The summed E-state index contributed by atoms with van der Waals surface area (Å²) in [5.74, 6) is 1.01. The van der Waals surface area contributed by atoms with Crippen molar-refractivity contribution < 1.29 is 18.3 Å². The van der Waals surface area contributed by atoms with Crippen LogP contribution in [0, 0.1) is 6.92 Å². The third-order valence-electron chi connectivity index (χ3n) is 2.52. The Morgan fingerprint density at radius 3 is 2.86 bits per heavy atom. The normalized spacial score (nSPS) is 10.8. The maximum absolute atomic E-state index is 11.8. The van der Waals surface area contributed by atoms with Gasteiger partial charge in [0.2, 0.25) is 11.7 Å². The number of nitrogens with one attached hydrogen (secondary N) is 1. The molecular weight excluding hydrogens is 344 g/mol. The number of rotatable bonds is 4. The smallest absolute Gasteiger partial charge is 0.287 e. The van der Waals surface area contributed by atoms with Gasteiger partial charge in [-0.15, -0.1) is 0 Å². The number of carbonyl (C=O) groups excluding carboxylic acids is 1. The summed E-state index contributed by atoms with van der Waals surface area (Å²) in [7, 11) is 0. The summed E-state index contributed by atoms with van der Waals surface area (Å²) in [4.78, 5) is 15.9. The highest BCUT2D eigenvalue weighted by molar-refractivity contribution is 9.10. The minimum atomic E-state index is -0.377. The molecule has 1 N–H and O–H groups in total. The second-order valence-electron chi connectivity index (χ2n) is 4.12. The van der Waals surface area contributed by atoms with Crippen LogP contribution in [-0.4, -0.2) is 21.2 Å². The van der Waals surface area contributed by atoms with Crippen LogP contribution >= 0.6 is 15.9 Å². The van der Waals surface area contributed by atoms with Gasteiger partial charge in [-0.2, -0.15) is 4.98 Å². The number of nitrogens with zero attached hydrogens (tertiary/aromatic N) is 3. The van der Waals surface area contributed by atoms with Crippen LogP contribution in [0.5, 0.6) is 0 Å². The highest BCUT2D eigenvalue weighted by Crippen LogP contribution is 2.16. The zero-order valence-electron chi connectivity index (χ0n) is 10.8. The molecule has 3 aromatic heterocycles. The molecule has 3 heterocycles. The monoisotopic (exact) mass is 352 g/mol. The van der Waals surface area contributed by atoms with Crippen molar-refractivity contribution in [2.24, 2.45) is 0 Å². The summed E-state index contributed by atoms with van der Waals surface area (Å²) >= 11 is 3.12. The molecule has 0 saturated heterocycles. The van der Waals surface area contributed by atoms with E-state index in [-0.39, 0.29) is 24.1 Å². The van der Waals surface area contributed by atoms with E-state index in [2.05, 4.69) is 36.5 Å². The Hall–Kier alpha value is -2.42. The van der Waals surface area contributed by atoms with Gasteiger partial charge in [0.25, 0.3) is 5.91 Å². The largest absolute Gasteiger partial charge is 0.444 e. The lowest BCUT2D eigenvalue weighted by atomic mass is 10.4. The molecule has 0 aliphatic heterocycles. The van der Waals surface area contributed by atoms with Crippen molar-refractivity contribution in [1.29, 1.82) is 0 Å². The molecule has 0 atom stereocenters. The molecule has 3 rings (SSSR count). The van der Waals surface area contributed by atoms with Gasteiger partial charge in [-0.1, -0.05) is 10.3 Å². The van der Waals surface area contributed by atoms with Crippen LogP contribution in [0.3, 0.4) is 0 Å². The van der Waals surface area contributed by atoms with Gasteiger partial charge in [0.1, 0.15) is 5.76 Å². The molecule has 108 valence electrons. The summed E-state index contributed by atoms with van der Waals surface area (Å²) in [6.45, 7) is 1.85. The van der Waals surface area contributed by atoms with Crippen molar-refractivity contribution in [3.8, 4) is 11.5 Å². The molecule has 0 aliphatic carbocycles. The van der Waals surface area contributed by atoms with Crippen molar-refractivity contribution in [3.63, 3.8) is 0 Å². The Balaban J connectivity index is 1.64. The predicted molar refractivity (Wildman–Crippen MR) is 72.1 cm³/mol. The van der Waals surface area contributed by atoms with Crippen molar-refractivity contribution >= 4 is 21.8 Å². The van der Waals surface area contributed by atoms with Crippen LogP contribution in [0.25, 0.3) is 11.5 Å². The van der Waals surface area contributed by atoms with E-state index in [1.54, 1.807) is 25.1 Å². The Labute approximate surface area is 126 Å². The fourth-order valence-corrected chi connectivity index (χ4v) is 1.89. The summed E-state index contributed by atoms with van der Waals surface area (Å²) in [6.07, 6.45) is 0. The first-order valence-corrected chi connectivity index (χ1v) is 6.71. The molecule has 0 radical (unpaired) electrons. The zero-order valence-corrected chi connectivity index (χ0v) is 12.4. The molecule has 8 nitrogen and oxygen atoms in total. The van der Waals surface area contributed by atoms with E-state index in [0.717, 1.165) is 0 Å². The number of carbonyl (C=O) groups is 1. The minimum absolute atomic E-state index is 0.0843. The molecule has 0 saturated carbocycles. The van der Waals surface area contributed by atoms with Gasteiger partial charge >= 0.3 is 0 Å². The Morgan fingerprint density at radius 1 is 1.33 bits per heavy atom. The topological polar surface area (TPSA) is 107 Å². The van der Waals surface area contributed by atoms with Gasteiger partial charge in [-0.25, -0.2) is 0 Å². The van der Waals surface area contributed by atoms with Crippen molar-refractivity contribution in [2.75, 3.05) is 0 Å². The Kier molecular flexibility index (Phi) is 3.57. The first-order valence-electron chi connectivity index (χ1n) is 5.91. The lowest BCUT2D eigenvalue weighted by molar-refractivity contribution is 0.0917. The SMILES string of the molecule is Cc1cc(-c2noc(CNC(=O)c3ccc(Br)o3)n2)no1. The number of hydrogen-bond acceptors (Lipinski definition) is 7. The van der Waals surface area contributed by atoms with E-state index in [0.29, 0.717) is 21.9 Å². The molecule has 0 spiro atoms. The lowest BCUT2D eigenvalue weighted by Crippen LogP contribution is -2.22. The number of aryl methyl sites for hydroxylation is 1. The zero-order chi connectivity index (χ0) is 14.8. The average molecular weight is 353 g/mol.